The van der Waals surface area contributed by atoms with Gasteiger partial charge in [0.2, 0.25) is 17.7 Å². The number of nitrogens with two attached hydrogens (primary N) is 1. The number of aliphatic carboxylic acids is 2. The SMILES string of the molecule is NC(Cc1ccc(O)cc1)C(=O)NC(CCC(=O)O)C(=O)N1CCCC1C(=O)NC(Cc1ccc(O)cc1)C(=O)O. The van der Waals surface area contributed by atoms with Gasteiger partial charge >= 0.3 is 11.9 Å². The summed E-state index contributed by atoms with van der Waals surface area (Å²) in [6, 6.07) is 7.27. The molecule has 3 rings (SSSR count). The van der Waals surface area contributed by atoms with Crippen LogP contribution in [0.15, 0.2) is 48.5 Å². The Morgan fingerprint density at radius 3 is 1.95 bits per heavy atom. The first-order valence-electron chi connectivity index (χ1n) is 13.1. The molecule has 0 saturated carbocycles. The lowest BCUT2D eigenvalue weighted by molar-refractivity contribution is -0.145. The van der Waals surface area contributed by atoms with Crippen LogP contribution in [0.3, 0.4) is 0 Å². The second-order valence-electron chi connectivity index (χ2n) is 9.93. The number of benzene rings is 2. The highest BCUT2D eigenvalue weighted by Crippen LogP contribution is 2.21. The van der Waals surface area contributed by atoms with Crippen molar-refractivity contribution in [3.63, 3.8) is 0 Å². The number of carboxylic acids is 2. The van der Waals surface area contributed by atoms with Crippen molar-refractivity contribution in [1.29, 1.82) is 0 Å². The summed E-state index contributed by atoms with van der Waals surface area (Å²) in [5, 5.41) is 42.7. The Balaban J connectivity index is 1.69. The fourth-order valence-electron chi connectivity index (χ4n) is 4.62. The van der Waals surface area contributed by atoms with E-state index < -0.39 is 60.2 Å². The summed E-state index contributed by atoms with van der Waals surface area (Å²) >= 11 is 0. The molecular weight excluding hydrogens is 536 g/mol. The quantitative estimate of drug-likeness (QED) is 0.172. The van der Waals surface area contributed by atoms with Crippen molar-refractivity contribution < 1.29 is 44.4 Å². The second-order valence-corrected chi connectivity index (χ2v) is 9.93. The van der Waals surface area contributed by atoms with Gasteiger partial charge in [0.05, 0.1) is 6.04 Å². The molecule has 0 spiro atoms. The second kappa shape index (κ2) is 14.1. The lowest BCUT2D eigenvalue weighted by Gasteiger charge is -2.30. The standard InChI is InChI=1S/C28H34N4O9/c29-20(14-16-3-7-18(33)8-4-16)25(37)30-21(11-12-24(35)36)27(39)32-13-1-2-23(32)26(38)31-22(28(40)41)15-17-5-9-19(34)10-6-17/h3-10,20-23,33-34H,1-2,11-15,29H2,(H,30,37)(H,31,38)(H,35,36)(H,40,41). The number of carboxylic acid groups (broad SMARTS) is 2. The van der Waals surface area contributed by atoms with Gasteiger partial charge in [-0.15, -0.1) is 0 Å². The lowest BCUT2D eigenvalue weighted by atomic mass is 10.0. The van der Waals surface area contributed by atoms with E-state index >= 15 is 0 Å². The molecule has 4 atom stereocenters. The minimum atomic E-state index is -1.30. The maximum absolute atomic E-state index is 13.5. The fraction of sp³-hybridized carbons (Fsp3) is 0.393. The van der Waals surface area contributed by atoms with Crippen LogP contribution < -0.4 is 16.4 Å². The van der Waals surface area contributed by atoms with Crippen molar-refractivity contribution in [1.82, 2.24) is 15.5 Å². The summed E-state index contributed by atoms with van der Waals surface area (Å²) in [6.45, 7) is 0.158. The van der Waals surface area contributed by atoms with Gasteiger partial charge in [-0.25, -0.2) is 4.79 Å². The molecule has 220 valence electrons. The van der Waals surface area contributed by atoms with Crippen LogP contribution in [0.5, 0.6) is 11.5 Å². The molecule has 13 nitrogen and oxygen atoms in total. The van der Waals surface area contributed by atoms with Crippen LogP contribution in [-0.2, 0) is 36.8 Å². The largest absolute Gasteiger partial charge is 0.508 e. The molecule has 0 aromatic heterocycles. The van der Waals surface area contributed by atoms with E-state index in [-0.39, 0.29) is 43.7 Å². The number of amides is 3. The van der Waals surface area contributed by atoms with Crippen LogP contribution in [0.2, 0.25) is 0 Å². The summed E-state index contributed by atoms with van der Waals surface area (Å²) < 4.78 is 0. The number of nitrogens with zero attached hydrogens (tertiary/aromatic N) is 1. The minimum absolute atomic E-state index is 0.00984. The number of rotatable bonds is 13. The summed E-state index contributed by atoms with van der Waals surface area (Å²) in [5.41, 5.74) is 7.25. The molecule has 8 N–H and O–H groups in total. The van der Waals surface area contributed by atoms with E-state index in [1.807, 2.05) is 0 Å². The molecule has 1 fully saturated rings. The average molecular weight is 571 g/mol. The van der Waals surface area contributed by atoms with E-state index in [0.717, 1.165) is 0 Å². The minimum Gasteiger partial charge on any atom is -0.508 e. The summed E-state index contributed by atoms with van der Waals surface area (Å²) in [4.78, 5) is 63.8. The normalized spacial score (nSPS) is 16.8. The van der Waals surface area contributed by atoms with Gasteiger partial charge in [-0.1, -0.05) is 24.3 Å². The molecule has 13 heteroatoms. The number of nitrogens with one attached hydrogen (secondary N) is 2. The summed E-state index contributed by atoms with van der Waals surface area (Å²) in [7, 11) is 0. The van der Waals surface area contributed by atoms with Gasteiger partial charge in [0.1, 0.15) is 29.6 Å². The Morgan fingerprint density at radius 1 is 0.854 bits per heavy atom. The van der Waals surface area contributed by atoms with E-state index in [2.05, 4.69) is 10.6 Å². The molecule has 0 aliphatic carbocycles. The number of carbonyl (C=O) groups excluding carboxylic acids is 3. The molecular formula is C28H34N4O9. The van der Waals surface area contributed by atoms with Crippen LogP contribution in [0.25, 0.3) is 0 Å². The predicted molar refractivity (Wildman–Crippen MR) is 145 cm³/mol. The van der Waals surface area contributed by atoms with Gasteiger partial charge in [0.25, 0.3) is 0 Å². The predicted octanol–water partition coefficient (Wildman–Crippen LogP) is 0.120. The molecule has 2 aromatic rings. The van der Waals surface area contributed by atoms with Gasteiger partial charge in [-0.05, 0) is 61.1 Å². The highest BCUT2D eigenvalue weighted by molar-refractivity contribution is 5.94. The molecule has 41 heavy (non-hydrogen) atoms. The van der Waals surface area contributed by atoms with Crippen molar-refractivity contribution in [2.24, 2.45) is 5.73 Å². The van der Waals surface area contributed by atoms with Crippen LogP contribution in [-0.4, -0.2) is 85.7 Å². The third-order valence-corrected chi connectivity index (χ3v) is 6.82. The zero-order valence-electron chi connectivity index (χ0n) is 22.2. The van der Waals surface area contributed by atoms with Gasteiger partial charge in [-0.3, -0.25) is 19.2 Å². The molecule has 0 bridgehead atoms. The summed E-state index contributed by atoms with van der Waals surface area (Å²) in [6.07, 6.45) is 0.0662. The zero-order valence-corrected chi connectivity index (χ0v) is 22.2. The number of hydrogen-bond donors (Lipinski definition) is 7. The van der Waals surface area contributed by atoms with E-state index in [9.17, 15) is 44.4 Å². The molecule has 3 amide bonds. The first-order valence-corrected chi connectivity index (χ1v) is 13.1. The molecule has 1 saturated heterocycles. The van der Waals surface area contributed by atoms with Crippen molar-refractivity contribution in [3.8, 4) is 11.5 Å². The third-order valence-electron chi connectivity index (χ3n) is 6.82. The highest BCUT2D eigenvalue weighted by atomic mass is 16.4. The number of phenolic OH excluding ortho intramolecular Hbond substituents is 2. The first-order chi connectivity index (χ1) is 19.4. The van der Waals surface area contributed by atoms with E-state index in [1.165, 1.54) is 41.3 Å². The van der Waals surface area contributed by atoms with Crippen molar-refractivity contribution >= 4 is 29.7 Å². The number of hydrogen-bond acceptors (Lipinski definition) is 8. The molecule has 1 aliphatic rings. The highest BCUT2D eigenvalue weighted by Gasteiger charge is 2.39. The lowest BCUT2D eigenvalue weighted by Crippen LogP contribution is -2.57. The molecule has 0 radical (unpaired) electrons. The van der Waals surface area contributed by atoms with Crippen LogP contribution >= 0.6 is 0 Å². The van der Waals surface area contributed by atoms with Crippen LogP contribution in [0, 0.1) is 0 Å². The Labute approximate surface area is 236 Å². The average Bonchev–Trinajstić information content (AvgIpc) is 3.42. The van der Waals surface area contributed by atoms with Gasteiger partial charge in [0, 0.05) is 19.4 Å². The van der Waals surface area contributed by atoms with E-state index in [4.69, 9.17) is 5.73 Å². The zero-order chi connectivity index (χ0) is 30.1. The number of likely N-dealkylation sites (tertiary alicyclic amines) is 1. The maximum atomic E-state index is 13.5. The Kier molecular flexibility index (Phi) is 10.6. The fourth-order valence-corrected chi connectivity index (χ4v) is 4.62. The molecule has 4 unspecified atom stereocenters. The number of carbonyl (C=O) groups is 5. The molecule has 2 aromatic carbocycles. The van der Waals surface area contributed by atoms with E-state index in [1.54, 1.807) is 12.1 Å². The number of phenols is 2. The topological polar surface area (TPSA) is 220 Å². The summed E-state index contributed by atoms with van der Waals surface area (Å²) in [5.74, 6) is -4.45. The van der Waals surface area contributed by atoms with Gasteiger partial charge < -0.3 is 41.7 Å². The Hall–Kier alpha value is -4.65. The first kappa shape index (κ1) is 30.9. The van der Waals surface area contributed by atoms with Crippen molar-refractivity contribution in [3.05, 3.63) is 59.7 Å². The smallest absolute Gasteiger partial charge is 0.326 e. The number of aromatic hydroxyl groups is 2. The van der Waals surface area contributed by atoms with Gasteiger partial charge in [0.15, 0.2) is 0 Å². The van der Waals surface area contributed by atoms with Crippen LogP contribution in [0.1, 0.15) is 36.8 Å². The molecule has 1 aliphatic heterocycles. The van der Waals surface area contributed by atoms with Gasteiger partial charge in [-0.2, -0.15) is 0 Å². The third kappa shape index (κ3) is 8.93. The monoisotopic (exact) mass is 570 g/mol. The van der Waals surface area contributed by atoms with E-state index in [0.29, 0.717) is 17.5 Å². The Bertz CT molecular complexity index is 1250. The van der Waals surface area contributed by atoms with Crippen molar-refractivity contribution in [2.75, 3.05) is 6.54 Å². The Morgan fingerprint density at radius 2 is 1.41 bits per heavy atom. The van der Waals surface area contributed by atoms with Crippen LogP contribution in [0.4, 0.5) is 0 Å². The van der Waals surface area contributed by atoms with Crippen molar-refractivity contribution in [2.45, 2.75) is 62.7 Å². The maximum Gasteiger partial charge on any atom is 0.326 e. The molecule has 1 heterocycles.